The minimum Gasteiger partial charge on any atom is -0.508 e. The highest BCUT2D eigenvalue weighted by atomic mass is 16.5. The summed E-state index contributed by atoms with van der Waals surface area (Å²) in [5.74, 6) is -1.90. The number of phenols is 1. The number of nitrogen functional groups attached to an aromatic ring is 2. The van der Waals surface area contributed by atoms with Gasteiger partial charge in [0.15, 0.2) is 0 Å². The van der Waals surface area contributed by atoms with E-state index >= 15 is 0 Å². The van der Waals surface area contributed by atoms with E-state index in [0.29, 0.717) is 70.4 Å². The van der Waals surface area contributed by atoms with Crippen LogP contribution in [-0.2, 0) is 31.9 Å². The number of benzene rings is 2. The topological polar surface area (TPSA) is 233 Å². The van der Waals surface area contributed by atoms with E-state index < -0.39 is 23.8 Å². The first-order valence-corrected chi connectivity index (χ1v) is 22.2. The Labute approximate surface area is 371 Å². The summed E-state index contributed by atoms with van der Waals surface area (Å²) in [6.45, 7) is 11.7. The number of nitrogens with zero attached hydrogens (tertiary/aromatic N) is 5. The fraction of sp³-hybridized carbons (Fsp3) is 0.532. The van der Waals surface area contributed by atoms with Gasteiger partial charge in [0, 0.05) is 41.9 Å². The second-order valence-corrected chi connectivity index (χ2v) is 16.3. The van der Waals surface area contributed by atoms with E-state index in [9.17, 15) is 19.8 Å². The Kier molecular flexibility index (Phi) is 18.1. The molecule has 8 N–H and O–H groups in total. The molecule has 1 saturated heterocycles. The second kappa shape index (κ2) is 23.6. The molecule has 16 heteroatoms. The molecule has 342 valence electrons. The molecule has 3 atom stereocenters. The van der Waals surface area contributed by atoms with Gasteiger partial charge in [-0.15, -0.1) is 0 Å². The summed E-state index contributed by atoms with van der Waals surface area (Å²) in [5, 5.41) is 28.5. The number of methoxy groups -OCH3 is 2. The van der Waals surface area contributed by atoms with Crippen molar-refractivity contribution in [1.82, 2.24) is 24.8 Å². The number of nitrogens with one attached hydrogen (secondary N) is 2. The Morgan fingerprint density at radius 3 is 2.08 bits per heavy atom. The average molecular weight is 870 g/mol. The van der Waals surface area contributed by atoms with Crippen LogP contribution in [0.25, 0.3) is 0 Å². The van der Waals surface area contributed by atoms with Crippen LogP contribution in [0, 0.1) is 13.8 Å². The summed E-state index contributed by atoms with van der Waals surface area (Å²) in [6.07, 6.45) is 7.94. The number of aliphatic hydroxyl groups is 1. The molecule has 3 unspecified atom stereocenters. The maximum atomic E-state index is 14.5. The molecule has 1 aliphatic rings. The van der Waals surface area contributed by atoms with E-state index in [4.69, 9.17) is 25.7 Å². The molecule has 3 heterocycles. The van der Waals surface area contributed by atoms with Crippen molar-refractivity contribution < 1.29 is 34.0 Å². The number of rotatable bonds is 24. The van der Waals surface area contributed by atoms with Gasteiger partial charge in [-0.3, -0.25) is 9.59 Å². The van der Waals surface area contributed by atoms with Gasteiger partial charge in [0.25, 0.3) is 0 Å². The van der Waals surface area contributed by atoms with Gasteiger partial charge in [-0.05, 0) is 106 Å². The Morgan fingerprint density at radius 1 is 0.810 bits per heavy atom. The summed E-state index contributed by atoms with van der Waals surface area (Å²) in [4.78, 5) is 48.8. The number of esters is 2. The molecule has 16 nitrogen and oxygen atoms in total. The molecule has 1 aliphatic heterocycles. The largest absolute Gasteiger partial charge is 0.508 e. The van der Waals surface area contributed by atoms with E-state index in [1.54, 1.807) is 31.4 Å². The van der Waals surface area contributed by atoms with Crippen molar-refractivity contribution in [2.75, 3.05) is 75.7 Å². The summed E-state index contributed by atoms with van der Waals surface area (Å²) < 4.78 is 17.2. The predicted molar refractivity (Wildman–Crippen MR) is 245 cm³/mol. The maximum absolute atomic E-state index is 14.5. The fourth-order valence-corrected chi connectivity index (χ4v) is 8.26. The van der Waals surface area contributed by atoms with Crippen LogP contribution in [0.1, 0.15) is 122 Å². The third-order valence-electron chi connectivity index (χ3n) is 11.7. The van der Waals surface area contributed by atoms with Gasteiger partial charge in [-0.2, -0.15) is 9.97 Å². The quantitative estimate of drug-likeness (QED) is 0.0340. The van der Waals surface area contributed by atoms with E-state index in [-0.39, 0.29) is 49.7 Å². The Bertz CT molecular complexity index is 2150. The summed E-state index contributed by atoms with van der Waals surface area (Å²) in [5.41, 5.74) is 17.0. The lowest BCUT2D eigenvalue weighted by atomic mass is 9.80. The van der Waals surface area contributed by atoms with Crippen molar-refractivity contribution in [3.63, 3.8) is 0 Å². The zero-order valence-electron chi connectivity index (χ0n) is 37.8. The van der Waals surface area contributed by atoms with E-state index in [2.05, 4.69) is 42.4 Å². The van der Waals surface area contributed by atoms with Gasteiger partial charge in [0.2, 0.25) is 11.9 Å². The Hall–Kier alpha value is -5.74. The third kappa shape index (κ3) is 12.9. The number of carbonyl (C=O) groups excluding carboxylic acids is 2. The molecule has 63 heavy (non-hydrogen) atoms. The number of ether oxygens (including phenoxy) is 3. The van der Waals surface area contributed by atoms with Crippen molar-refractivity contribution in [3.05, 3.63) is 81.2 Å². The number of likely N-dealkylation sites (tertiary alicyclic amines) is 1. The maximum Gasteiger partial charge on any atom is 0.314 e. The van der Waals surface area contributed by atoms with Gasteiger partial charge in [-0.25, -0.2) is 9.97 Å². The van der Waals surface area contributed by atoms with Crippen LogP contribution in [0.3, 0.4) is 0 Å². The Morgan fingerprint density at radius 2 is 1.44 bits per heavy atom. The normalized spacial score (nSPS) is 14.2. The van der Waals surface area contributed by atoms with Crippen LogP contribution in [0.4, 0.5) is 23.5 Å². The standard InChI is InChI=1S/C47H67N9O7/c1-7-9-19-50-42-36(29(3)51-46(48)54-42)25-31-15-16-33(27-38(31)58)41(45(60)63-23-13-12-22-56-20-10-11-21-56)40(44(59)62-6)32-17-18-39(61-5)34(24-32)26-37-30(4)52-47(49)55-43(37)53-35(28-57)14-8-2/h15-18,24,27,35,40-41,57-58H,7-14,19-23,25-26,28H2,1-6H3,(H3,48,50,51,54)(H3,49,52,53,55). The highest BCUT2D eigenvalue weighted by Crippen LogP contribution is 2.40. The molecule has 5 rings (SSSR count). The molecule has 0 amide bonds. The molecular formula is C47H67N9O7. The van der Waals surface area contributed by atoms with Crippen LogP contribution in [0.5, 0.6) is 11.5 Å². The second-order valence-electron chi connectivity index (χ2n) is 16.3. The third-order valence-corrected chi connectivity index (χ3v) is 11.7. The zero-order chi connectivity index (χ0) is 45.5. The lowest BCUT2D eigenvalue weighted by molar-refractivity contribution is -0.152. The number of aromatic hydroxyl groups is 1. The highest BCUT2D eigenvalue weighted by Gasteiger charge is 2.39. The van der Waals surface area contributed by atoms with Gasteiger partial charge in [-0.1, -0.05) is 51.0 Å². The number of anilines is 4. The van der Waals surface area contributed by atoms with Gasteiger partial charge < -0.3 is 51.4 Å². The van der Waals surface area contributed by atoms with Gasteiger partial charge in [0.05, 0.1) is 45.3 Å². The molecule has 2 aromatic heterocycles. The predicted octanol–water partition coefficient (Wildman–Crippen LogP) is 6.19. The molecule has 4 aromatic rings. The lowest BCUT2D eigenvalue weighted by Crippen LogP contribution is -2.29. The van der Waals surface area contributed by atoms with Crippen LogP contribution in [0.15, 0.2) is 36.4 Å². The van der Waals surface area contributed by atoms with E-state index in [0.717, 1.165) is 56.4 Å². The van der Waals surface area contributed by atoms with Crippen molar-refractivity contribution in [3.8, 4) is 11.5 Å². The summed E-state index contributed by atoms with van der Waals surface area (Å²) >= 11 is 0. The molecule has 0 aliphatic carbocycles. The molecule has 0 radical (unpaired) electrons. The summed E-state index contributed by atoms with van der Waals surface area (Å²) in [7, 11) is 2.84. The molecule has 0 saturated carbocycles. The SMILES string of the molecule is CCCCNc1nc(N)nc(C)c1Cc1ccc(C(C(=O)OCCCCN2CCCC2)C(C(=O)OC)c2ccc(OC)c(Cc3c(C)nc(N)nc3NC(CO)CCC)c2)cc1O. The van der Waals surface area contributed by atoms with Crippen LogP contribution >= 0.6 is 0 Å². The van der Waals surface area contributed by atoms with Crippen LogP contribution < -0.4 is 26.8 Å². The van der Waals surface area contributed by atoms with E-state index in [1.807, 2.05) is 26.8 Å². The van der Waals surface area contributed by atoms with Crippen LogP contribution in [-0.4, -0.2) is 107 Å². The first-order valence-electron chi connectivity index (χ1n) is 22.2. The number of hydrogen-bond donors (Lipinski definition) is 6. The highest BCUT2D eigenvalue weighted by molar-refractivity contribution is 5.90. The fourth-order valence-electron chi connectivity index (χ4n) is 8.26. The molecular weight excluding hydrogens is 803 g/mol. The number of nitrogens with two attached hydrogens (primary N) is 2. The number of aromatic nitrogens is 4. The molecule has 2 aromatic carbocycles. The monoisotopic (exact) mass is 870 g/mol. The van der Waals surface area contributed by atoms with Crippen molar-refractivity contribution in [2.45, 2.75) is 110 Å². The number of carbonyl (C=O) groups is 2. The number of phenolic OH excluding ortho intramolecular Hbond substituents is 1. The molecule has 0 bridgehead atoms. The molecule has 0 spiro atoms. The minimum absolute atomic E-state index is 0.0752. The summed E-state index contributed by atoms with van der Waals surface area (Å²) in [6, 6.07) is 10.1. The lowest BCUT2D eigenvalue weighted by Gasteiger charge is -2.26. The Balaban J connectivity index is 1.54. The smallest absolute Gasteiger partial charge is 0.314 e. The number of hydrogen-bond acceptors (Lipinski definition) is 16. The first kappa shape index (κ1) is 48.3. The van der Waals surface area contributed by atoms with Gasteiger partial charge >= 0.3 is 11.9 Å². The van der Waals surface area contributed by atoms with Gasteiger partial charge in [0.1, 0.15) is 23.1 Å². The van der Waals surface area contributed by atoms with Crippen molar-refractivity contribution in [2.24, 2.45) is 0 Å². The van der Waals surface area contributed by atoms with E-state index in [1.165, 1.54) is 26.0 Å². The van der Waals surface area contributed by atoms with Crippen LogP contribution in [0.2, 0.25) is 0 Å². The minimum atomic E-state index is -1.21. The molecule has 1 fully saturated rings. The van der Waals surface area contributed by atoms with Crippen molar-refractivity contribution in [1.29, 1.82) is 0 Å². The number of aliphatic hydroxyl groups excluding tert-OH is 1. The average Bonchev–Trinajstić information content (AvgIpc) is 3.78. The zero-order valence-corrected chi connectivity index (χ0v) is 37.8. The first-order chi connectivity index (χ1) is 30.4. The van der Waals surface area contributed by atoms with Crippen molar-refractivity contribution >= 4 is 35.5 Å². The number of aryl methyl sites for hydroxylation is 2. The number of unbranched alkanes of at least 4 members (excludes halogenated alkanes) is 2.